The van der Waals surface area contributed by atoms with Gasteiger partial charge in [-0.1, -0.05) is 218 Å². The van der Waals surface area contributed by atoms with E-state index in [1.54, 1.807) is 0 Å². The largest absolute Gasteiger partial charge is 0.310 e. The molecule has 1 unspecified atom stereocenters. The van der Waals surface area contributed by atoms with Crippen molar-refractivity contribution in [2.75, 3.05) is 4.90 Å². The van der Waals surface area contributed by atoms with Crippen LogP contribution in [0.3, 0.4) is 0 Å². The van der Waals surface area contributed by atoms with E-state index in [-0.39, 0.29) is 5.41 Å². The van der Waals surface area contributed by atoms with Crippen molar-refractivity contribution in [3.8, 4) is 33.4 Å². The first kappa shape index (κ1) is 38.2. The van der Waals surface area contributed by atoms with E-state index in [2.05, 4.69) is 267 Å². The topological polar surface area (TPSA) is 3.24 Å². The molecule has 0 bridgehead atoms. The summed E-state index contributed by atoms with van der Waals surface area (Å²) in [5.41, 5.74) is 19.1. The molecule has 2 aliphatic carbocycles. The Labute approximate surface area is 386 Å². The van der Waals surface area contributed by atoms with Gasteiger partial charge in [0.2, 0.25) is 0 Å². The Balaban J connectivity index is 1.06. The molecule has 0 fully saturated rings. The SMILES string of the molecule is CC1(c2ccccc2)c2ccccc2-c2cc(N(c3ccc(-c4cc5ccccc5c5ccccc45)cc3)c3cccc4c3-c3ccccc3C4(c3ccccc3)c3ccccc3)ccc21. The molecule has 0 heterocycles. The van der Waals surface area contributed by atoms with E-state index in [0.717, 1.165) is 17.1 Å². The van der Waals surface area contributed by atoms with Gasteiger partial charge in [-0.2, -0.15) is 0 Å². The second-order valence-electron chi connectivity index (χ2n) is 18.1. The molecule has 1 atom stereocenters. The minimum absolute atomic E-state index is 0.293. The van der Waals surface area contributed by atoms with E-state index in [9.17, 15) is 0 Å². The number of hydrogen-bond donors (Lipinski definition) is 0. The van der Waals surface area contributed by atoms with Gasteiger partial charge in [-0.15, -0.1) is 0 Å². The quantitative estimate of drug-likeness (QED) is 0.145. The van der Waals surface area contributed by atoms with Crippen molar-refractivity contribution in [1.82, 2.24) is 0 Å². The molecule has 0 aromatic heterocycles. The van der Waals surface area contributed by atoms with Gasteiger partial charge in [-0.25, -0.2) is 0 Å². The Morgan fingerprint density at radius 2 is 0.848 bits per heavy atom. The summed E-state index contributed by atoms with van der Waals surface area (Å²) < 4.78 is 0. The first-order valence-electron chi connectivity index (χ1n) is 23.1. The zero-order valence-electron chi connectivity index (χ0n) is 36.7. The summed E-state index contributed by atoms with van der Waals surface area (Å²) in [7, 11) is 0. The lowest BCUT2D eigenvalue weighted by Gasteiger charge is -2.34. The molecule has 13 rings (SSSR count). The van der Waals surface area contributed by atoms with Crippen LogP contribution in [0.15, 0.2) is 255 Å². The van der Waals surface area contributed by atoms with E-state index >= 15 is 0 Å². The Morgan fingerprint density at radius 3 is 1.56 bits per heavy atom. The summed E-state index contributed by atoms with van der Waals surface area (Å²) in [5, 5.41) is 5.06. The van der Waals surface area contributed by atoms with Crippen LogP contribution in [0.2, 0.25) is 0 Å². The van der Waals surface area contributed by atoms with Gasteiger partial charge in [-0.05, 0) is 132 Å². The summed E-state index contributed by atoms with van der Waals surface area (Å²) in [6.45, 7) is 2.40. The highest BCUT2D eigenvalue weighted by molar-refractivity contribution is 6.14. The molecule has 2 aliphatic rings. The molecule has 0 N–H and O–H groups in total. The third-order valence-electron chi connectivity index (χ3n) is 14.8. The number of anilines is 3. The number of nitrogens with zero attached hydrogens (tertiary/aromatic N) is 1. The maximum Gasteiger partial charge on any atom is 0.0714 e. The highest BCUT2D eigenvalue weighted by Crippen LogP contribution is 2.60. The van der Waals surface area contributed by atoms with Crippen molar-refractivity contribution >= 4 is 38.6 Å². The van der Waals surface area contributed by atoms with Crippen LogP contribution in [0, 0.1) is 0 Å². The van der Waals surface area contributed by atoms with E-state index in [4.69, 9.17) is 0 Å². The molecule has 1 nitrogen and oxygen atoms in total. The summed E-state index contributed by atoms with van der Waals surface area (Å²) in [4.78, 5) is 2.52. The molecule has 310 valence electrons. The van der Waals surface area contributed by atoms with Crippen LogP contribution in [0.5, 0.6) is 0 Å². The molecule has 0 spiro atoms. The summed E-state index contributed by atoms with van der Waals surface area (Å²) in [6, 6.07) is 94.8. The predicted octanol–water partition coefficient (Wildman–Crippen LogP) is 16.8. The normalized spacial score (nSPS) is 15.2. The monoisotopic (exact) mass is 839 g/mol. The molecule has 0 radical (unpaired) electrons. The lowest BCUT2D eigenvalue weighted by molar-refractivity contribution is 0.714. The predicted molar refractivity (Wildman–Crippen MR) is 276 cm³/mol. The van der Waals surface area contributed by atoms with Crippen LogP contribution in [-0.2, 0) is 10.8 Å². The second kappa shape index (κ2) is 14.9. The lowest BCUT2D eigenvalue weighted by atomic mass is 9.68. The average Bonchev–Trinajstić information content (AvgIpc) is 3.85. The van der Waals surface area contributed by atoms with Crippen LogP contribution >= 0.6 is 0 Å². The van der Waals surface area contributed by atoms with E-state index < -0.39 is 5.41 Å². The summed E-state index contributed by atoms with van der Waals surface area (Å²) in [6.07, 6.45) is 0. The van der Waals surface area contributed by atoms with E-state index in [1.807, 2.05) is 0 Å². The Hall–Kier alpha value is -8.26. The number of hydrogen-bond acceptors (Lipinski definition) is 1. The maximum absolute atomic E-state index is 2.52. The molecular weight excluding hydrogens is 795 g/mol. The minimum Gasteiger partial charge on any atom is -0.310 e. The van der Waals surface area contributed by atoms with Crippen molar-refractivity contribution in [2.45, 2.75) is 17.8 Å². The first-order chi connectivity index (χ1) is 32.6. The fourth-order valence-electron chi connectivity index (χ4n) is 11.9. The van der Waals surface area contributed by atoms with Crippen LogP contribution < -0.4 is 4.90 Å². The molecule has 0 amide bonds. The van der Waals surface area contributed by atoms with Crippen molar-refractivity contribution in [1.29, 1.82) is 0 Å². The zero-order chi connectivity index (χ0) is 43.8. The molecule has 11 aromatic carbocycles. The highest BCUT2D eigenvalue weighted by Gasteiger charge is 2.47. The Bertz CT molecular complexity index is 3610. The molecule has 66 heavy (non-hydrogen) atoms. The smallest absolute Gasteiger partial charge is 0.0714 e. The van der Waals surface area contributed by atoms with Crippen molar-refractivity contribution in [3.63, 3.8) is 0 Å². The average molecular weight is 840 g/mol. The van der Waals surface area contributed by atoms with Gasteiger partial charge in [0.1, 0.15) is 0 Å². The number of rotatable bonds is 7. The van der Waals surface area contributed by atoms with Gasteiger partial charge in [0, 0.05) is 22.4 Å². The first-order valence-corrected chi connectivity index (χ1v) is 23.1. The van der Waals surface area contributed by atoms with Gasteiger partial charge in [-0.3, -0.25) is 0 Å². The van der Waals surface area contributed by atoms with Gasteiger partial charge in [0.05, 0.1) is 11.1 Å². The maximum atomic E-state index is 2.52. The van der Waals surface area contributed by atoms with Gasteiger partial charge < -0.3 is 4.90 Å². The highest BCUT2D eigenvalue weighted by atomic mass is 15.1. The van der Waals surface area contributed by atoms with Gasteiger partial charge in [0.25, 0.3) is 0 Å². The molecular formula is C65H45N. The fraction of sp³-hybridized carbons (Fsp3) is 0.0462. The van der Waals surface area contributed by atoms with Crippen LogP contribution in [0.4, 0.5) is 17.1 Å². The third-order valence-corrected chi connectivity index (χ3v) is 14.8. The summed E-state index contributed by atoms with van der Waals surface area (Å²) in [5.74, 6) is 0. The fourth-order valence-corrected chi connectivity index (χ4v) is 11.9. The number of fused-ring (bicyclic) bond motifs is 9. The minimum atomic E-state index is -0.522. The lowest BCUT2D eigenvalue weighted by Crippen LogP contribution is -2.28. The molecule has 11 aromatic rings. The van der Waals surface area contributed by atoms with Crippen molar-refractivity contribution in [2.24, 2.45) is 0 Å². The zero-order valence-corrected chi connectivity index (χ0v) is 36.7. The van der Waals surface area contributed by atoms with Crippen LogP contribution in [-0.4, -0.2) is 0 Å². The van der Waals surface area contributed by atoms with E-state index in [1.165, 1.54) is 93.9 Å². The van der Waals surface area contributed by atoms with Gasteiger partial charge >= 0.3 is 0 Å². The van der Waals surface area contributed by atoms with Crippen molar-refractivity contribution < 1.29 is 0 Å². The molecule has 0 aliphatic heterocycles. The molecule has 0 saturated carbocycles. The van der Waals surface area contributed by atoms with Crippen LogP contribution in [0.25, 0.3) is 54.9 Å². The van der Waals surface area contributed by atoms with Gasteiger partial charge in [0.15, 0.2) is 0 Å². The third kappa shape index (κ3) is 5.47. The van der Waals surface area contributed by atoms with Crippen LogP contribution in [0.1, 0.15) is 45.9 Å². The number of benzene rings is 11. The standard InChI is InChI=1S/C65H45N/c1-64(46-21-5-2-6-22-46)58-32-17-15-30-54(58)57-43-50(40-41-59(57)64)66(49-38-36-44(37-39-49)56-42-45-20-11-12-27-51(45)52-28-13-14-29-53(52)56)62-35-19-34-61-63(62)55-31-16-18-33-60(55)65(61,47-23-7-3-8-24-47)48-25-9-4-10-26-48/h2-43H,1H3. The Kier molecular flexibility index (Phi) is 8.63. The van der Waals surface area contributed by atoms with Crippen molar-refractivity contribution in [3.05, 3.63) is 294 Å². The second-order valence-corrected chi connectivity index (χ2v) is 18.1. The molecule has 0 saturated heterocycles. The summed E-state index contributed by atoms with van der Waals surface area (Å²) >= 11 is 0. The van der Waals surface area contributed by atoms with E-state index in [0.29, 0.717) is 0 Å². The molecule has 1 heteroatoms. The Morgan fingerprint density at radius 1 is 0.318 bits per heavy atom.